The number of hydrogen-bond donors (Lipinski definition) is 1. The van der Waals surface area contributed by atoms with E-state index in [4.69, 9.17) is 0 Å². The molecule has 0 radical (unpaired) electrons. The van der Waals surface area contributed by atoms with Crippen LogP contribution in [0.25, 0.3) is 0 Å². The summed E-state index contributed by atoms with van der Waals surface area (Å²) in [6.07, 6.45) is 5.43. The van der Waals surface area contributed by atoms with Crippen LogP contribution >= 0.6 is 12.4 Å². The van der Waals surface area contributed by atoms with Crippen molar-refractivity contribution in [3.63, 3.8) is 0 Å². The maximum Gasteiger partial charge on any atom is 0.222 e. The summed E-state index contributed by atoms with van der Waals surface area (Å²) in [6.45, 7) is 6.46. The van der Waals surface area contributed by atoms with Crippen molar-refractivity contribution in [3.05, 3.63) is 24.3 Å². The van der Waals surface area contributed by atoms with E-state index in [0.29, 0.717) is 18.8 Å². The first-order chi connectivity index (χ1) is 9.47. The molecule has 0 aliphatic carbocycles. The smallest absolute Gasteiger partial charge is 0.222 e. The maximum atomic E-state index is 12.7. The van der Waals surface area contributed by atoms with Crippen LogP contribution in [0.5, 0.6) is 0 Å². The van der Waals surface area contributed by atoms with Crippen molar-refractivity contribution in [2.75, 3.05) is 20.1 Å². The fraction of sp³-hybridized carbons (Fsp3) is 0.692. The number of aromatic nitrogens is 2. The summed E-state index contributed by atoms with van der Waals surface area (Å²) in [6, 6.07) is 0.152. The Kier molecular flexibility index (Phi) is 8.96. The van der Waals surface area contributed by atoms with Gasteiger partial charge in [-0.3, -0.25) is 9.97 Å². The molecular weight excluding hydrogens is 312 g/mol. The van der Waals surface area contributed by atoms with E-state index in [1.807, 2.05) is 20.9 Å². The third kappa shape index (κ3) is 5.18. The molecule has 1 aromatic heterocycles. The van der Waals surface area contributed by atoms with Crippen LogP contribution in [0.3, 0.4) is 0 Å². The van der Waals surface area contributed by atoms with E-state index in [1.165, 1.54) is 22.9 Å². The summed E-state index contributed by atoms with van der Waals surface area (Å²) in [5.41, 5.74) is 0.475. The van der Waals surface area contributed by atoms with Crippen LogP contribution in [-0.4, -0.2) is 48.9 Å². The molecule has 2 atom stereocenters. The highest BCUT2D eigenvalue weighted by atomic mass is 35.5. The minimum absolute atomic E-state index is 0. The number of nitrogens with zero attached hydrogens (tertiary/aromatic N) is 3. The minimum atomic E-state index is -3.43. The van der Waals surface area contributed by atoms with Crippen molar-refractivity contribution < 1.29 is 8.42 Å². The second-order valence-electron chi connectivity index (χ2n) is 4.66. The molecule has 1 heterocycles. The molecule has 0 saturated heterocycles. The molecule has 0 aliphatic rings. The van der Waals surface area contributed by atoms with Gasteiger partial charge in [0.15, 0.2) is 0 Å². The minimum Gasteiger partial charge on any atom is -0.316 e. The van der Waals surface area contributed by atoms with Gasteiger partial charge in [-0.05, 0) is 20.4 Å². The largest absolute Gasteiger partial charge is 0.316 e. The molecule has 0 bridgehead atoms. The van der Waals surface area contributed by atoms with Crippen LogP contribution < -0.4 is 5.32 Å². The van der Waals surface area contributed by atoms with Crippen molar-refractivity contribution in [1.29, 1.82) is 0 Å². The Hall–Kier alpha value is -0.760. The van der Waals surface area contributed by atoms with E-state index in [-0.39, 0.29) is 18.4 Å². The lowest BCUT2D eigenvalue weighted by Gasteiger charge is -2.27. The fourth-order valence-corrected chi connectivity index (χ4v) is 3.60. The highest BCUT2D eigenvalue weighted by molar-refractivity contribution is 7.89. The molecule has 1 N–H and O–H groups in total. The van der Waals surface area contributed by atoms with Crippen LogP contribution in [0, 0.1) is 0 Å². The number of nitrogens with one attached hydrogen (secondary N) is 1. The van der Waals surface area contributed by atoms with Gasteiger partial charge >= 0.3 is 0 Å². The molecule has 1 aromatic rings. The first kappa shape index (κ1) is 20.2. The average molecular weight is 337 g/mol. The second-order valence-corrected chi connectivity index (χ2v) is 6.92. The summed E-state index contributed by atoms with van der Waals surface area (Å²) >= 11 is 0. The van der Waals surface area contributed by atoms with Gasteiger partial charge in [0.25, 0.3) is 0 Å². The van der Waals surface area contributed by atoms with Crippen molar-refractivity contribution >= 4 is 22.4 Å². The molecule has 0 amide bonds. The maximum absolute atomic E-state index is 12.7. The molecule has 21 heavy (non-hydrogen) atoms. The molecule has 0 fully saturated rings. The predicted octanol–water partition coefficient (Wildman–Crippen LogP) is 1.61. The Morgan fingerprint density at radius 2 is 2.00 bits per heavy atom. The molecule has 8 heteroatoms. The van der Waals surface area contributed by atoms with Crippen molar-refractivity contribution in [1.82, 2.24) is 19.6 Å². The Morgan fingerprint density at radius 3 is 2.43 bits per heavy atom. The average Bonchev–Trinajstić information content (AvgIpc) is 2.48. The number of sulfonamides is 1. The lowest BCUT2D eigenvalue weighted by Crippen LogP contribution is -2.43. The molecule has 0 aliphatic heterocycles. The van der Waals surface area contributed by atoms with Crippen molar-refractivity contribution in [3.8, 4) is 0 Å². The standard InChI is InChI=1S/C13H24N4O2S.ClH/c1-5-12(14-4)10-17(6-2)20(18,19)11(3)13-9-15-7-8-16-13;/h7-9,11-12,14H,5-6,10H2,1-4H3;1H. The molecule has 2 unspecified atom stereocenters. The van der Waals surface area contributed by atoms with E-state index in [0.717, 1.165) is 6.42 Å². The number of hydrogen-bond acceptors (Lipinski definition) is 5. The van der Waals surface area contributed by atoms with Crippen LogP contribution in [0.15, 0.2) is 18.6 Å². The molecule has 0 aromatic carbocycles. The number of halogens is 1. The van der Waals surface area contributed by atoms with Gasteiger partial charge < -0.3 is 5.32 Å². The van der Waals surface area contributed by atoms with E-state index in [2.05, 4.69) is 15.3 Å². The predicted molar refractivity (Wildman–Crippen MR) is 87.0 cm³/mol. The van der Waals surface area contributed by atoms with Crippen molar-refractivity contribution in [2.45, 2.75) is 38.5 Å². The second kappa shape index (κ2) is 9.30. The lowest BCUT2D eigenvalue weighted by atomic mass is 10.2. The van der Waals surface area contributed by atoms with Gasteiger partial charge in [-0.1, -0.05) is 13.8 Å². The summed E-state index contributed by atoms with van der Waals surface area (Å²) in [5.74, 6) is 0. The third-order valence-corrected chi connectivity index (χ3v) is 5.75. The summed E-state index contributed by atoms with van der Waals surface area (Å²) in [4.78, 5) is 8.04. The summed E-state index contributed by atoms with van der Waals surface area (Å²) < 4.78 is 26.8. The molecule has 122 valence electrons. The van der Waals surface area contributed by atoms with E-state index < -0.39 is 15.3 Å². The highest BCUT2D eigenvalue weighted by Gasteiger charge is 2.31. The zero-order valence-electron chi connectivity index (χ0n) is 13.0. The van der Waals surface area contributed by atoms with Gasteiger partial charge in [0, 0.05) is 37.7 Å². The Bertz CT molecular complexity index is 494. The number of rotatable bonds is 8. The SMILES string of the molecule is CCC(CN(CC)S(=O)(=O)C(C)c1cnccn1)NC.Cl. The van der Waals surface area contributed by atoms with E-state index in [1.54, 1.807) is 6.92 Å². The first-order valence-corrected chi connectivity index (χ1v) is 8.39. The van der Waals surface area contributed by atoms with E-state index >= 15 is 0 Å². The van der Waals surface area contributed by atoms with Crippen molar-refractivity contribution in [2.24, 2.45) is 0 Å². The number of likely N-dealkylation sites (N-methyl/N-ethyl adjacent to an activating group) is 2. The van der Waals surface area contributed by atoms with Gasteiger partial charge in [0.05, 0.1) is 5.69 Å². The van der Waals surface area contributed by atoms with Gasteiger partial charge in [0.1, 0.15) is 5.25 Å². The van der Waals surface area contributed by atoms with Crippen LogP contribution in [0.4, 0.5) is 0 Å². The quantitative estimate of drug-likeness (QED) is 0.780. The molecule has 0 saturated carbocycles. The summed E-state index contributed by atoms with van der Waals surface area (Å²) in [7, 11) is -1.58. The first-order valence-electron chi connectivity index (χ1n) is 6.89. The van der Waals surface area contributed by atoms with Gasteiger partial charge in [-0.15, -0.1) is 12.4 Å². The molecular formula is C13H25ClN4O2S. The van der Waals surface area contributed by atoms with Crippen LogP contribution in [-0.2, 0) is 10.0 Å². The normalized spacial score (nSPS) is 14.5. The monoisotopic (exact) mass is 336 g/mol. The third-order valence-electron chi connectivity index (χ3n) is 3.48. The Balaban J connectivity index is 0.00000400. The van der Waals surface area contributed by atoms with Crippen LogP contribution in [0.2, 0.25) is 0 Å². The topological polar surface area (TPSA) is 75.2 Å². The summed E-state index contributed by atoms with van der Waals surface area (Å²) in [5, 5.41) is 2.44. The van der Waals surface area contributed by atoms with Crippen LogP contribution in [0.1, 0.15) is 38.1 Å². The molecule has 6 nitrogen and oxygen atoms in total. The van der Waals surface area contributed by atoms with Gasteiger partial charge in [-0.2, -0.15) is 0 Å². The van der Waals surface area contributed by atoms with Gasteiger partial charge in [-0.25, -0.2) is 12.7 Å². The lowest BCUT2D eigenvalue weighted by molar-refractivity contribution is 0.364. The van der Waals surface area contributed by atoms with Gasteiger partial charge in [0.2, 0.25) is 10.0 Å². The Morgan fingerprint density at radius 1 is 1.33 bits per heavy atom. The molecule has 1 rings (SSSR count). The fourth-order valence-electron chi connectivity index (χ4n) is 1.98. The zero-order valence-corrected chi connectivity index (χ0v) is 14.6. The Labute approximate surface area is 133 Å². The highest BCUT2D eigenvalue weighted by Crippen LogP contribution is 2.23. The van der Waals surface area contributed by atoms with E-state index in [9.17, 15) is 8.42 Å². The molecule has 0 spiro atoms. The zero-order chi connectivity index (χ0) is 15.2.